The van der Waals surface area contributed by atoms with Crippen molar-refractivity contribution >= 4 is 16.9 Å². The number of rotatable bonds is 6. The molecular weight excluding hydrogens is 352 g/mol. The fourth-order valence-electron chi connectivity index (χ4n) is 4.02. The Morgan fingerprint density at radius 1 is 1.32 bits per heavy atom. The van der Waals surface area contributed by atoms with Gasteiger partial charge in [-0.3, -0.25) is 9.78 Å². The molecule has 0 aliphatic carbocycles. The van der Waals surface area contributed by atoms with Gasteiger partial charge in [0.15, 0.2) is 0 Å². The van der Waals surface area contributed by atoms with Crippen LogP contribution in [0, 0.1) is 6.92 Å². The highest BCUT2D eigenvalue weighted by Gasteiger charge is 2.31. The fourth-order valence-corrected chi connectivity index (χ4v) is 4.02. The Labute approximate surface area is 165 Å². The Hall–Kier alpha value is -2.73. The van der Waals surface area contributed by atoms with Crippen LogP contribution in [0.3, 0.4) is 0 Å². The van der Waals surface area contributed by atoms with Gasteiger partial charge in [-0.2, -0.15) is 0 Å². The molecule has 28 heavy (non-hydrogen) atoms. The summed E-state index contributed by atoms with van der Waals surface area (Å²) in [6.45, 7) is 4.91. The van der Waals surface area contributed by atoms with E-state index in [1.54, 1.807) is 13.3 Å². The summed E-state index contributed by atoms with van der Waals surface area (Å²) in [7, 11) is 1.71. The molecule has 6 heteroatoms. The third-order valence-electron chi connectivity index (χ3n) is 5.44. The van der Waals surface area contributed by atoms with Crippen molar-refractivity contribution in [1.29, 1.82) is 0 Å². The summed E-state index contributed by atoms with van der Waals surface area (Å²) >= 11 is 0. The number of methoxy groups -OCH3 is 1. The number of benzene rings is 1. The van der Waals surface area contributed by atoms with Crippen LogP contribution in [-0.2, 0) is 22.5 Å². The first-order valence-corrected chi connectivity index (χ1v) is 9.78. The van der Waals surface area contributed by atoms with Gasteiger partial charge in [-0.1, -0.05) is 29.8 Å². The van der Waals surface area contributed by atoms with Crippen molar-refractivity contribution < 1.29 is 9.53 Å². The van der Waals surface area contributed by atoms with E-state index in [2.05, 4.69) is 28.6 Å². The zero-order valence-corrected chi connectivity index (χ0v) is 16.5. The molecule has 3 aromatic rings. The first-order chi connectivity index (χ1) is 13.7. The van der Waals surface area contributed by atoms with Gasteiger partial charge in [0.25, 0.3) is 0 Å². The molecule has 0 spiro atoms. The maximum absolute atomic E-state index is 12.8. The SMILES string of the molecule is COCCn1c([C@H]2CCN(C(=O)Cc3cccc(C)c3)C2)nc2ccncc21. The summed E-state index contributed by atoms with van der Waals surface area (Å²) in [6, 6.07) is 10.1. The van der Waals surface area contributed by atoms with Crippen molar-refractivity contribution in [3.63, 3.8) is 0 Å². The summed E-state index contributed by atoms with van der Waals surface area (Å²) in [5.41, 5.74) is 4.24. The van der Waals surface area contributed by atoms with Crippen molar-refractivity contribution in [2.24, 2.45) is 0 Å². The van der Waals surface area contributed by atoms with Gasteiger partial charge in [0.1, 0.15) is 5.82 Å². The van der Waals surface area contributed by atoms with Crippen LogP contribution >= 0.6 is 0 Å². The summed E-state index contributed by atoms with van der Waals surface area (Å²) in [6.07, 6.45) is 5.02. The number of carbonyl (C=O) groups is 1. The lowest BCUT2D eigenvalue weighted by atomic mass is 10.1. The highest BCUT2D eigenvalue weighted by molar-refractivity contribution is 5.79. The largest absolute Gasteiger partial charge is 0.383 e. The van der Waals surface area contributed by atoms with E-state index in [1.807, 2.05) is 29.3 Å². The number of carbonyl (C=O) groups excluding carboxylic acids is 1. The minimum atomic E-state index is 0.189. The number of ether oxygens (including phenoxy) is 1. The van der Waals surface area contributed by atoms with E-state index in [1.165, 1.54) is 5.56 Å². The summed E-state index contributed by atoms with van der Waals surface area (Å²) in [5.74, 6) is 1.46. The molecule has 0 radical (unpaired) electrons. The van der Waals surface area contributed by atoms with E-state index in [0.717, 1.165) is 41.9 Å². The van der Waals surface area contributed by atoms with E-state index in [9.17, 15) is 4.79 Å². The molecule has 146 valence electrons. The fraction of sp³-hybridized carbons (Fsp3) is 0.409. The Bertz CT molecular complexity index is 982. The maximum Gasteiger partial charge on any atom is 0.227 e. The number of nitrogens with zero attached hydrogens (tertiary/aromatic N) is 4. The van der Waals surface area contributed by atoms with E-state index in [-0.39, 0.29) is 11.8 Å². The van der Waals surface area contributed by atoms with Crippen LogP contribution in [0.4, 0.5) is 0 Å². The second-order valence-corrected chi connectivity index (χ2v) is 7.47. The number of amides is 1. The number of hydrogen-bond donors (Lipinski definition) is 0. The standard InChI is InChI=1S/C22H26N4O2/c1-16-4-3-5-17(12-16)13-21(27)25-9-7-18(15-25)22-24-19-6-8-23-14-20(19)26(22)10-11-28-2/h3-6,8,12,14,18H,7,9-11,13,15H2,1-2H3/t18-/m0/s1. The van der Waals surface area contributed by atoms with Gasteiger partial charge in [0, 0.05) is 38.9 Å². The third kappa shape index (κ3) is 3.78. The Morgan fingerprint density at radius 2 is 2.21 bits per heavy atom. The Balaban J connectivity index is 1.51. The molecule has 1 amide bonds. The van der Waals surface area contributed by atoms with Gasteiger partial charge in [0.05, 0.1) is 30.3 Å². The molecule has 3 heterocycles. The molecule has 2 aromatic heterocycles. The maximum atomic E-state index is 12.8. The molecule has 1 aliphatic heterocycles. The lowest BCUT2D eigenvalue weighted by Gasteiger charge is -2.17. The number of aryl methyl sites for hydroxylation is 1. The van der Waals surface area contributed by atoms with E-state index in [4.69, 9.17) is 9.72 Å². The molecule has 4 rings (SSSR count). The topological polar surface area (TPSA) is 60.2 Å². The van der Waals surface area contributed by atoms with Gasteiger partial charge in [-0.25, -0.2) is 4.98 Å². The minimum absolute atomic E-state index is 0.189. The lowest BCUT2D eigenvalue weighted by molar-refractivity contribution is -0.129. The highest BCUT2D eigenvalue weighted by Crippen LogP contribution is 2.29. The van der Waals surface area contributed by atoms with E-state index in [0.29, 0.717) is 19.6 Å². The van der Waals surface area contributed by atoms with Crippen molar-refractivity contribution in [1.82, 2.24) is 19.4 Å². The van der Waals surface area contributed by atoms with Crippen molar-refractivity contribution in [2.75, 3.05) is 26.8 Å². The molecule has 1 aromatic carbocycles. The number of fused-ring (bicyclic) bond motifs is 1. The van der Waals surface area contributed by atoms with Crippen molar-refractivity contribution in [3.05, 3.63) is 59.7 Å². The molecule has 0 saturated carbocycles. The van der Waals surface area contributed by atoms with Crippen molar-refractivity contribution in [2.45, 2.75) is 32.2 Å². The normalized spacial score (nSPS) is 16.8. The Morgan fingerprint density at radius 3 is 3.04 bits per heavy atom. The number of likely N-dealkylation sites (tertiary alicyclic amines) is 1. The smallest absolute Gasteiger partial charge is 0.227 e. The van der Waals surface area contributed by atoms with Crippen LogP contribution in [0.1, 0.15) is 29.3 Å². The van der Waals surface area contributed by atoms with Crippen LogP contribution in [0.25, 0.3) is 11.0 Å². The summed E-state index contributed by atoms with van der Waals surface area (Å²) < 4.78 is 7.48. The zero-order chi connectivity index (χ0) is 19.5. The number of hydrogen-bond acceptors (Lipinski definition) is 4. The Kier molecular flexibility index (Phi) is 5.39. The van der Waals surface area contributed by atoms with E-state index < -0.39 is 0 Å². The van der Waals surface area contributed by atoms with Crippen LogP contribution in [0.2, 0.25) is 0 Å². The monoisotopic (exact) mass is 378 g/mol. The summed E-state index contributed by atoms with van der Waals surface area (Å²) in [4.78, 5) is 23.9. The van der Waals surface area contributed by atoms with Crippen LogP contribution in [0.15, 0.2) is 42.7 Å². The minimum Gasteiger partial charge on any atom is -0.383 e. The predicted octanol–water partition coefficient (Wildman–Crippen LogP) is 2.94. The predicted molar refractivity (Wildman–Crippen MR) is 108 cm³/mol. The summed E-state index contributed by atoms with van der Waals surface area (Å²) in [5, 5.41) is 0. The second-order valence-electron chi connectivity index (χ2n) is 7.47. The first-order valence-electron chi connectivity index (χ1n) is 9.78. The van der Waals surface area contributed by atoms with Gasteiger partial charge in [-0.05, 0) is 25.0 Å². The number of pyridine rings is 1. The molecule has 1 atom stereocenters. The second kappa shape index (κ2) is 8.10. The lowest BCUT2D eigenvalue weighted by Crippen LogP contribution is -2.30. The molecule has 0 unspecified atom stereocenters. The zero-order valence-electron chi connectivity index (χ0n) is 16.5. The van der Waals surface area contributed by atoms with Crippen molar-refractivity contribution in [3.8, 4) is 0 Å². The number of imidazole rings is 1. The molecule has 0 bridgehead atoms. The third-order valence-corrected chi connectivity index (χ3v) is 5.44. The number of aromatic nitrogens is 3. The van der Waals surface area contributed by atoms with Crippen LogP contribution in [0.5, 0.6) is 0 Å². The van der Waals surface area contributed by atoms with Crippen LogP contribution < -0.4 is 0 Å². The molecule has 1 aliphatic rings. The average Bonchev–Trinajstić information content (AvgIpc) is 3.31. The average molecular weight is 378 g/mol. The highest BCUT2D eigenvalue weighted by atomic mass is 16.5. The van der Waals surface area contributed by atoms with Gasteiger partial charge >= 0.3 is 0 Å². The quantitative estimate of drug-likeness (QED) is 0.662. The van der Waals surface area contributed by atoms with Gasteiger partial charge in [-0.15, -0.1) is 0 Å². The van der Waals surface area contributed by atoms with Gasteiger partial charge < -0.3 is 14.2 Å². The van der Waals surface area contributed by atoms with Crippen LogP contribution in [-0.4, -0.2) is 52.1 Å². The van der Waals surface area contributed by atoms with E-state index >= 15 is 0 Å². The first kappa shape index (κ1) is 18.6. The van der Waals surface area contributed by atoms with Gasteiger partial charge in [0.2, 0.25) is 5.91 Å². The molecule has 1 saturated heterocycles. The molecule has 6 nitrogen and oxygen atoms in total. The molecular formula is C22H26N4O2. The molecule has 1 fully saturated rings. The molecule has 0 N–H and O–H groups in total.